The quantitative estimate of drug-likeness (QED) is 0.236. The Hall–Kier alpha value is -4.34. The summed E-state index contributed by atoms with van der Waals surface area (Å²) >= 11 is 7.30. The molecule has 0 unspecified atom stereocenters. The van der Waals surface area contributed by atoms with Crippen molar-refractivity contribution in [3.05, 3.63) is 120 Å². The van der Waals surface area contributed by atoms with E-state index in [1.165, 1.54) is 29.2 Å². The van der Waals surface area contributed by atoms with Gasteiger partial charge in [-0.1, -0.05) is 53.3 Å². The monoisotopic (exact) mass is 604 g/mol. The number of hydrogen-bond acceptors (Lipinski definition) is 8. The van der Waals surface area contributed by atoms with Crippen LogP contribution >= 0.6 is 22.9 Å². The predicted octanol–water partition coefficient (Wildman–Crippen LogP) is 5.05. The number of benzene rings is 3. The summed E-state index contributed by atoms with van der Waals surface area (Å²) in [6.07, 6.45) is 3.27. The highest BCUT2D eigenvalue weighted by atomic mass is 35.5. The van der Waals surface area contributed by atoms with E-state index in [0.717, 1.165) is 11.1 Å². The number of hydrogen-bond donors (Lipinski definition) is 0. The van der Waals surface area contributed by atoms with E-state index in [0.29, 0.717) is 57.0 Å². The predicted molar refractivity (Wildman–Crippen MR) is 162 cm³/mol. The average Bonchev–Trinajstić information content (AvgIpc) is 3.31. The third-order valence-corrected chi connectivity index (χ3v) is 7.71. The second-order valence-electron chi connectivity index (χ2n) is 9.24. The van der Waals surface area contributed by atoms with Crippen LogP contribution in [-0.4, -0.2) is 30.9 Å². The molecule has 3 aromatic carbocycles. The van der Waals surface area contributed by atoms with Crippen molar-refractivity contribution in [2.24, 2.45) is 4.99 Å². The SMILES string of the molecule is CCOc1ccc([C@H]2C(C(=O)OC)=CN=c3s/c(=C/c4ccc(OCc5cccc(Cl)c5)cc4)c(=O)n32)cc1OCC. The molecule has 0 fully saturated rings. The number of methoxy groups -OCH3 is 1. The highest BCUT2D eigenvalue weighted by molar-refractivity contribution is 7.07. The molecule has 216 valence electrons. The third-order valence-electron chi connectivity index (χ3n) is 6.48. The van der Waals surface area contributed by atoms with Gasteiger partial charge in [-0.2, -0.15) is 0 Å². The van der Waals surface area contributed by atoms with Gasteiger partial charge < -0.3 is 18.9 Å². The number of carbonyl (C=O) groups is 1. The van der Waals surface area contributed by atoms with E-state index < -0.39 is 12.0 Å². The van der Waals surface area contributed by atoms with Gasteiger partial charge in [0.15, 0.2) is 16.3 Å². The fourth-order valence-corrected chi connectivity index (χ4v) is 5.77. The maximum atomic E-state index is 13.8. The Morgan fingerprint density at radius 2 is 1.76 bits per heavy atom. The van der Waals surface area contributed by atoms with Crippen LogP contribution in [0.25, 0.3) is 6.08 Å². The normalized spacial score (nSPS) is 14.4. The van der Waals surface area contributed by atoms with Crippen LogP contribution in [0.5, 0.6) is 17.2 Å². The van der Waals surface area contributed by atoms with E-state index in [-0.39, 0.29) is 11.1 Å². The van der Waals surface area contributed by atoms with Crippen molar-refractivity contribution in [2.45, 2.75) is 26.5 Å². The van der Waals surface area contributed by atoms with Gasteiger partial charge in [-0.3, -0.25) is 9.36 Å². The van der Waals surface area contributed by atoms with Gasteiger partial charge in [0.2, 0.25) is 0 Å². The van der Waals surface area contributed by atoms with Crippen LogP contribution in [0.15, 0.2) is 88.3 Å². The summed E-state index contributed by atoms with van der Waals surface area (Å²) in [6, 6.07) is 19.6. The molecule has 0 amide bonds. The highest BCUT2D eigenvalue weighted by Gasteiger charge is 2.31. The number of thiazole rings is 1. The van der Waals surface area contributed by atoms with E-state index in [4.69, 9.17) is 30.5 Å². The smallest absolute Gasteiger partial charge is 0.337 e. The van der Waals surface area contributed by atoms with Crippen molar-refractivity contribution in [3.63, 3.8) is 0 Å². The molecule has 8 nitrogen and oxygen atoms in total. The van der Waals surface area contributed by atoms with Crippen LogP contribution in [0.4, 0.5) is 0 Å². The number of esters is 1. The molecular weight excluding hydrogens is 576 g/mol. The largest absolute Gasteiger partial charge is 0.490 e. The minimum Gasteiger partial charge on any atom is -0.490 e. The van der Waals surface area contributed by atoms with Gasteiger partial charge in [-0.25, -0.2) is 9.79 Å². The Kier molecular flexibility index (Phi) is 9.09. The summed E-state index contributed by atoms with van der Waals surface area (Å²) in [5, 5.41) is 0.658. The number of carbonyl (C=O) groups excluding carboxylic acids is 1. The Morgan fingerprint density at radius 3 is 2.48 bits per heavy atom. The van der Waals surface area contributed by atoms with Crippen molar-refractivity contribution >= 4 is 35.0 Å². The maximum Gasteiger partial charge on any atom is 0.337 e. The second kappa shape index (κ2) is 13.1. The van der Waals surface area contributed by atoms with Crippen molar-refractivity contribution in [1.82, 2.24) is 4.57 Å². The lowest BCUT2D eigenvalue weighted by atomic mass is 9.97. The van der Waals surface area contributed by atoms with Crippen LogP contribution in [0.3, 0.4) is 0 Å². The molecule has 10 heteroatoms. The van der Waals surface area contributed by atoms with Crippen LogP contribution in [0.2, 0.25) is 5.02 Å². The van der Waals surface area contributed by atoms with Gasteiger partial charge >= 0.3 is 5.97 Å². The molecule has 2 heterocycles. The molecular formula is C32H29ClN2O6S. The van der Waals surface area contributed by atoms with Gasteiger partial charge in [-0.15, -0.1) is 0 Å². The maximum absolute atomic E-state index is 13.8. The summed E-state index contributed by atoms with van der Waals surface area (Å²) in [5.74, 6) is 1.23. The molecule has 1 atom stereocenters. The zero-order valence-electron chi connectivity index (χ0n) is 23.3. The molecule has 0 saturated carbocycles. The molecule has 0 radical (unpaired) electrons. The third kappa shape index (κ3) is 6.27. The first-order valence-corrected chi connectivity index (χ1v) is 14.6. The van der Waals surface area contributed by atoms with Crippen molar-refractivity contribution in [1.29, 1.82) is 0 Å². The van der Waals surface area contributed by atoms with Crippen LogP contribution in [0.1, 0.15) is 36.6 Å². The number of rotatable bonds is 10. The molecule has 1 aliphatic rings. The summed E-state index contributed by atoms with van der Waals surface area (Å²) in [6.45, 7) is 5.05. The van der Waals surface area contributed by atoms with Crippen LogP contribution < -0.4 is 29.1 Å². The number of halogens is 1. The van der Waals surface area contributed by atoms with Gasteiger partial charge in [0.1, 0.15) is 12.4 Å². The fraction of sp³-hybridized carbons (Fsp3) is 0.219. The first-order valence-electron chi connectivity index (χ1n) is 13.4. The number of fused-ring (bicyclic) bond motifs is 1. The second-order valence-corrected chi connectivity index (χ2v) is 10.7. The Balaban J connectivity index is 1.49. The lowest BCUT2D eigenvalue weighted by molar-refractivity contribution is -0.136. The Morgan fingerprint density at radius 1 is 1.00 bits per heavy atom. The van der Waals surface area contributed by atoms with Gasteiger partial charge in [-0.05, 0) is 73.0 Å². The van der Waals surface area contributed by atoms with E-state index >= 15 is 0 Å². The standard InChI is InChI=1S/C32H29ClN2O6S/c1-4-39-26-14-11-22(17-27(26)40-5-2)29-25(31(37)38-3)18-34-32-35(29)30(36)28(42-32)16-20-9-12-24(13-10-20)41-19-21-7-6-8-23(33)15-21/h6-18,29H,4-5,19H2,1-3H3/b28-16+/t29-/m0/s1. The van der Waals surface area contributed by atoms with E-state index in [2.05, 4.69) is 4.99 Å². The molecule has 0 bridgehead atoms. The molecule has 1 aliphatic heterocycles. The molecule has 1 aromatic heterocycles. The van der Waals surface area contributed by atoms with Crippen molar-refractivity contribution in [2.75, 3.05) is 20.3 Å². The first-order chi connectivity index (χ1) is 20.4. The molecule has 0 saturated heterocycles. The van der Waals surface area contributed by atoms with Crippen LogP contribution in [-0.2, 0) is 16.1 Å². The van der Waals surface area contributed by atoms with E-state index in [1.54, 1.807) is 18.2 Å². The summed E-state index contributed by atoms with van der Waals surface area (Å²) in [4.78, 5) is 31.5. The van der Waals surface area contributed by atoms with Gasteiger partial charge in [0.05, 0.1) is 36.5 Å². The van der Waals surface area contributed by atoms with Gasteiger partial charge in [0, 0.05) is 11.2 Å². The summed E-state index contributed by atoms with van der Waals surface area (Å²) < 4.78 is 24.4. The fourth-order valence-electron chi connectivity index (χ4n) is 4.59. The lowest BCUT2D eigenvalue weighted by Crippen LogP contribution is -2.39. The molecule has 0 aliphatic carbocycles. The first kappa shape index (κ1) is 29.2. The zero-order valence-corrected chi connectivity index (χ0v) is 24.9. The molecule has 42 heavy (non-hydrogen) atoms. The van der Waals surface area contributed by atoms with Crippen molar-refractivity contribution in [3.8, 4) is 17.2 Å². The highest BCUT2D eigenvalue weighted by Crippen LogP contribution is 2.35. The Labute approximate surface area is 251 Å². The zero-order chi connectivity index (χ0) is 29.6. The minimum absolute atomic E-state index is 0.240. The molecule has 0 spiro atoms. The Bertz CT molecular complexity index is 1810. The van der Waals surface area contributed by atoms with Gasteiger partial charge in [0.25, 0.3) is 5.56 Å². The average molecular weight is 605 g/mol. The molecule has 4 aromatic rings. The van der Waals surface area contributed by atoms with E-state index in [1.807, 2.05) is 68.4 Å². The number of nitrogens with zero attached hydrogens (tertiary/aromatic N) is 2. The molecule has 0 N–H and O–H groups in total. The van der Waals surface area contributed by atoms with Crippen molar-refractivity contribution < 1.29 is 23.7 Å². The number of ether oxygens (including phenoxy) is 4. The minimum atomic E-state index is -0.756. The van der Waals surface area contributed by atoms with Crippen LogP contribution in [0, 0.1) is 0 Å². The number of aromatic nitrogens is 1. The topological polar surface area (TPSA) is 88.4 Å². The molecule has 5 rings (SSSR count). The lowest BCUT2D eigenvalue weighted by Gasteiger charge is -2.23. The summed E-state index contributed by atoms with van der Waals surface area (Å²) in [7, 11) is 1.30. The van der Waals surface area contributed by atoms with E-state index in [9.17, 15) is 9.59 Å². The summed E-state index contributed by atoms with van der Waals surface area (Å²) in [5.41, 5.74) is 2.42.